The Bertz CT molecular complexity index is 1030. The first-order valence-electron chi connectivity index (χ1n) is 11.3. The first-order valence-corrected chi connectivity index (χ1v) is 12.5. The quantitative estimate of drug-likeness (QED) is 0.424. The molecule has 0 atom stereocenters. The summed E-state index contributed by atoms with van der Waals surface area (Å²) < 4.78 is 15.7. The lowest BCUT2D eigenvalue weighted by molar-refractivity contribution is 0.0527. The maximum Gasteiger partial charge on any atom is 0.348 e. The average molecular weight is 506 g/mol. The summed E-state index contributed by atoms with van der Waals surface area (Å²) >= 11 is 6.82. The molecular formula is C24H31N3O5S2. The van der Waals surface area contributed by atoms with Crippen LogP contribution in [0.25, 0.3) is 0 Å². The highest BCUT2D eigenvalue weighted by Gasteiger charge is 2.28. The molecule has 3 rings (SSSR count). The first-order chi connectivity index (χ1) is 16.4. The molecule has 1 fully saturated rings. The monoisotopic (exact) mass is 505 g/mol. The Morgan fingerprint density at radius 2 is 1.76 bits per heavy atom. The number of methoxy groups -OCH3 is 1. The van der Waals surface area contributed by atoms with Crippen LogP contribution in [0.1, 0.15) is 45.0 Å². The normalized spacial score (nSPS) is 13.9. The van der Waals surface area contributed by atoms with E-state index >= 15 is 0 Å². The summed E-state index contributed by atoms with van der Waals surface area (Å²) in [5.74, 6) is -0.0896. The molecule has 8 nitrogen and oxygen atoms in total. The molecule has 0 unspecified atom stereocenters. The van der Waals surface area contributed by atoms with Crippen LogP contribution < -0.4 is 10.1 Å². The molecule has 0 spiro atoms. The molecule has 10 heteroatoms. The zero-order chi connectivity index (χ0) is 24.7. The predicted molar refractivity (Wildman–Crippen MR) is 137 cm³/mol. The van der Waals surface area contributed by atoms with Crippen LogP contribution in [0.2, 0.25) is 0 Å². The van der Waals surface area contributed by atoms with Crippen molar-refractivity contribution in [1.82, 2.24) is 9.80 Å². The van der Waals surface area contributed by atoms with Gasteiger partial charge in [0.15, 0.2) is 5.11 Å². The Kier molecular flexibility index (Phi) is 9.26. The second-order valence-corrected chi connectivity index (χ2v) is 9.15. The number of nitrogens with zero attached hydrogens (tertiary/aromatic N) is 2. The van der Waals surface area contributed by atoms with E-state index in [1.54, 1.807) is 27.9 Å². The topological polar surface area (TPSA) is 80.3 Å². The largest absolute Gasteiger partial charge is 0.497 e. The molecule has 34 heavy (non-hydrogen) atoms. The van der Waals surface area contributed by atoms with Gasteiger partial charge in [0.1, 0.15) is 15.6 Å². The molecule has 1 aromatic heterocycles. The second kappa shape index (κ2) is 12.1. The third-order valence-corrected chi connectivity index (χ3v) is 7.06. The Morgan fingerprint density at radius 3 is 2.41 bits per heavy atom. The molecule has 1 saturated heterocycles. The van der Waals surface area contributed by atoms with Gasteiger partial charge in [0.05, 0.1) is 25.9 Å². The molecule has 0 bridgehead atoms. The number of benzene rings is 1. The molecule has 0 radical (unpaired) electrons. The van der Waals surface area contributed by atoms with Gasteiger partial charge in [0.25, 0.3) is 0 Å². The number of rotatable bonds is 8. The van der Waals surface area contributed by atoms with Gasteiger partial charge in [-0.2, -0.15) is 0 Å². The molecule has 1 aliphatic heterocycles. The maximum absolute atomic E-state index is 12.6. The van der Waals surface area contributed by atoms with Crippen molar-refractivity contribution < 1.29 is 23.8 Å². The summed E-state index contributed by atoms with van der Waals surface area (Å²) in [6.07, 6.45) is 0. The van der Waals surface area contributed by atoms with E-state index in [-0.39, 0.29) is 13.2 Å². The van der Waals surface area contributed by atoms with Crippen LogP contribution in [0.5, 0.6) is 5.75 Å². The van der Waals surface area contributed by atoms with Crippen molar-refractivity contribution >= 4 is 45.6 Å². The Hall–Kier alpha value is -2.69. The minimum Gasteiger partial charge on any atom is -0.497 e. The molecule has 2 aromatic rings. The summed E-state index contributed by atoms with van der Waals surface area (Å²) in [6.45, 7) is 9.74. The fourth-order valence-corrected chi connectivity index (χ4v) is 5.19. The summed E-state index contributed by atoms with van der Waals surface area (Å²) in [7, 11) is 1.67. The smallest absolute Gasteiger partial charge is 0.348 e. The number of thiophene rings is 1. The SMILES string of the molecule is CCOC(=O)c1sc(NC(=S)N2CCN(Cc3cccc(OC)c3)CC2)c(C(=O)OCC)c1C. The highest BCUT2D eigenvalue weighted by Crippen LogP contribution is 2.34. The van der Waals surface area contributed by atoms with Gasteiger partial charge in [-0.1, -0.05) is 12.1 Å². The van der Waals surface area contributed by atoms with E-state index < -0.39 is 11.9 Å². The lowest BCUT2D eigenvalue weighted by Gasteiger charge is -2.36. The van der Waals surface area contributed by atoms with Crippen molar-refractivity contribution in [2.24, 2.45) is 0 Å². The predicted octanol–water partition coefficient (Wildman–Crippen LogP) is 3.93. The standard InChI is InChI=1S/C24H31N3O5S2/c1-5-31-22(28)19-16(3)20(23(29)32-6-2)34-21(19)25-24(33)27-12-10-26(11-13-27)15-17-8-7-9-18(14-17)30-4/h7-9,14H,5-6,10-13,15H2,1-4H3,(H,25,33). The van der Waals surface area contributed by atoms with E-state index in [1.165, 1.54) is 5.56 Å². The number of carbonyl (C=O) groups is 2. The maximum atomic E-state index is 12.6. The van der Waals surface area contributed by atoms with Gasteiger partial charge in [-0.25, -0.2) is 9.59 Å². The number of anilines is 1. The van der Waals surface area contributed by atoms with Gasteiger partial charge in [-0.3, -0.25) is 4.90 Å². The molecule has 1 N–H and O–H groups in total. The van der Waals surface area contributed by atoms with Crippen LogP contribution in [0.15, 0.2) is 24.3 Å². The lowest BCUT2D eigenvalue weighted by Crippen LogP contribution is -2.49. The molecule has 184 valence electrons. The minimum absolute atomic E-state index is 0.238. The summed E-state index contributed by atoms with van der Waals surface area (Å²) in [4.78, 5) is 29.8. The van der Waals surface area contributed by atoms with Gasteiger partial charge in [-0.05, 0) is 56.2 Å². The number of carbonyl (C=O) groups excluding carboxylic acids is 2. The molecule has 0 aliphatic carbocycles. The van der Waals surface area contributed by atoms with Gasteiger partial charge in [0, 0.05) is 32.7 Å². The van der Waals surface area contributed by atoms with Crippen LogP contribution in [0.3, 0.4) is 0 Å². The van der Waals surface area contributed by atoms with E-state index in [9.17, 15) is 9.59 Å². The summed E-state index contributed by atoms with van der Waals surface area (Å²) in [6, 6.07) is 8.09. The van der Waals surface area contributed by atoms with Crippen molar-refractivity contribution in [3.8, 4) is 5.75 Å². The van der Waals surface area contributed by atoms with E-state index in [1.807, 2.05) is 12.1 Å². The molecule has 0 amide bonds. The van der Waals surface area contributed by atoms with Crippen molar-refractivity contribution in [2.45, 2.75) is 27.3 Å². The zero-order valence-corrected chi connectivity index (χ0v) is 21.6. The van der Waals surface area contributed by atoms with Crippen molar-refractivity contribution in [3.63, 3.8) is 0 Å². The minimum atomic E-state index is -0.486. The van der Waals surface area contributed by atoms with Crippen molar-refractivity contribution in [3.05, 3.63) is 45.8 Å². The zero-order valence-electron chi connectivity index (χ0n) is 20.0. The van der Waals surface area contributed by atoms with E-state index in [0.717, 1.165) is 49.8 Å². The average Bonchev–Trinajstić information content (AvgIpc) is 3.15. The number of nitrogens with one attached hydrogen (secondary N) is 1. The second-order valence-electron chi connectivity index (χ2n) is 7.75. The summed E-state index contributed by atoms with van der Waals surface area (Å²) in [5, 5.41) is 4.21. The number of piperazine rings is 1. The Balaban J connectivity index is 1.66. The fraction of sp³-hybridized carbons (Fsp3) is 0.458. The molecule has 1 aliphatic rings. The molecular weight excluding hydrogens is 474 g/mol. The molecule has 2 heterocycles. The van der Waals surface area contributed by atoms with Gasteiger partial charge >= 0.3 is 11.9 Å². The third-order valence-electron chi connectivity index (χ3n) is 5.51. The number of hydrogen-bond acceptors (Lipinski definition) is 8. The van der Waals surface area contributed by atoms with Crippen molar-refractivity contribution in [1.29, 1.82) is 0 Å². The number of esters is 2. The Labute approximate surface area is 209 Å². The fourth-order valence-electron chi connectivity index (χ4n) is 3.76. The first kappa shape index (κ1) is 25.9. The van der Waals surface area contributed by atoms with Crippen LogP contribution in [0.4, 0.5) is 5.00 Å². The van der Waals surface area contributed by atoms with Gasteiger partial charge in [-0.15, -0.1) is 11.3 Å². The third kappa shape index (κ3) is 6.25. The van der Waals surface area contributed by atoms with E-state index in [4.69, 9.17) is 26.4 Å². The van der Waals surface area contributed by atoms with Crippen LogP contribution in [-0.4, -0.2) is 73.4 Å². The number of ether oxygens (including phenoxy) is 3. The van der Waals surface area contributed by atoms with Gasteiger partial charge in [0.2, 0.25) is 0 Å². The van der Waals surface area contributed by atoms with Crippen LogP contribution in [0, 0.1) is 6.92 Å². The van der Waals surface area contributed by atoms with Gasteiger partial charge < -0.3 is 24.4 Å². The number of thiocarbonyl (C=S) groups is 1. The highest BCUT2D eigenvalue weighted by molar-refractivity contribution is 7.80. The van der Waals surface area contributed by atoms with Crippen LogP contribution in [-0.2, 0) is 16.0 Å². The van der Waals surface area contributed by atoms with E-state index in [0.29, 0.717) is 26.1 Å². The Morgan fingerprint density at radius 1 is 1.09 bits per heavy atom. The lowest BCUT2D eigenvalue weighted by atomic mass is 10.1. The molecule has 1 aromatic carbocycles. The molecule has 0 saturated carbocycles. The van der Waals surface area contributed by atoms with Crippen molar-refractivity contribution in [2.75, 3.05) is 51.8 Å². The number of hydrogen-bond donors (Lipinski definition) is 1. The van der Waals surface area contributed by atoms with Crippen LogP contribution >= 0.6 is 23.6 Å². The summed E-state index contributed by atoms with van der Waals surface area (Å²) in [5.41, 5.74) is 2.07. The van der Waals surface area contributed by atoms with E-state index in [2.05, 4.69) is 27.2 Å². The highest BCUT2D eigenvalue weighted by atomic mass is 32.1.